The first kappa shape index (κ1) is 16.2. The van der Waals surface area contributed by atoms with Gasteiger partial charge in [0.1, 0.15) is 19.0 Å². The minimum atomic E-state index is -0.258. The molecule has 0 aliphatic carbocycles. The summed E-state index contributed by atoms with van der Waals surface area (Å²) in [5, 5.41) is 7.43. The Bertz CT molecular complexity index is 978. The molecule has 0 atom stereocenters. The molecule has 0 fully saturated rings. The van der Waals surface area contributed by atoms with Crippen molar-refractivity contribution >= 4 is 11.7 Å². The Kier molecular flexibility index (Phi) is 4.08. The number of anilines is 1. The quantitative estimate of drug-likeness (QED) is 0.787. The molecule has 6 nitrogen and oxygen atoms in total. The molecule has 0 spiro atoms. The molecule has 6 heteroatoms. The Balaban J connectivity index is 1.62. The second kappa shape index (κ2) is 6.55. The van der Waals surface area contributed by atoms with Crippen molar-refractivity contribution in [2.24, 2.45) is 7.05 Å². The maximum absolute atomic E-state index is 12.8. The number of benzene rings is 2. The average Bonchev–Trinajstić information content (AvgIpc) is 3.01. The van der Waals surface area contributed by atoms with E-state index in [1.54, 1.807) is 29.9 Å². The normalized spacial score (nSPS) is 12.7. The highest BCUT2D eigenvalue weighted by atomic mass is 16.6. The number of aryl methyl sites for hydroxylation is 2. The Labute approximate surface area is 151 Å². The van der Waals surface area contributed by atoms with Gasteiger partial charge in [0, 0.05) is 18.7 Å². The third kappa shape index (κ3) is 2.90. The van der Waals surface area contributed by atoms with Gasteiger partial charge in [0.15, 0.2) is 11.5 Å². The van der Waals surface area contributed by atoms with E-state index in [-0.39, 0.29) is 5.91 Å². The predicted molar refractivity (Wildman–Crippen MR) is 98.8 cm³/mol. The number of hydrogen-bond donors (Lipinski definition) is 1. The van der Waals surface area contributed by atoms with Crippen LogP contribution < -0.4 is 14.8 Å². The van der Waals surface area contributed by atoms with Gasteiger partial charge in [-0.3, -0.25) is 9.48 Å². The van der Waals surface area contributed by atoms with Crippen molar-refractivity contribution < 1.29 is 14.3 Å². The molecular weight excluding hydrogens is 330 g/mol. The summed E-state index contributed by atoms with van der Waals surface area (Å²) in [5.41, 5.74) is 3.43. The van der Waals surface area contributed by atoms with E-state index in [1.165, 1.54) is 0 Å². The van der Waals surface area contributed by atoms with Gasteiger partial charge in [0.25, 0.3) is 5.91 Å². The molecule has 132 valence electrons. The third-order valence-electron chi connectivity index (χ3n) is 4.35. The molecular formula is C20H19N3O3. The molecule has 1 N–H and O–H groups in total. The van der Waals surface area contributed by atoms with Gasteiger partial charge in [-0.2, -0.15) is 5.10 Å². The Hall–Kier alpha value is -3.28. The molecule has 0 saturated heterocycles. The van der Waals surface area contributed by atoms with Gasteiger partial charge in [-0.1, -0.05) is 30.3 Å². The lowest BCUT2D eigenvalue weighted by Crippen LogP contribution is -2.20. The highest BCUT2D eigenvalue weighted by Crippen LogP contribution is 2.34. The Morgan fingerprint density at radius 3 is 2.77 bits per heavy atom. The first-order valence-corrected chi connectivity index (χ1v) is 8.43. The van der Waals surface area contributed by atoms with E-state index in [4.69, 9.17) is 9.47 Å². The second-order valence-corrected chi connectivity index (χ2v) is 6.14. The minimum Gasteiger partial charge on any atom is -0.486 e. The van der Waals surface area contributed by atoms with Crippen LogP contribution in [0, 0.1) is 6.92 Å². The Morgan fingerprint density at radius 2 is 1.92 bits per heavy atom. The van der Waals surface area contributed by atoms with E-state index in [0.29, 0.717) is 36.1 Å². The highest BCUT2D eigenvalue weighted by Gasteiger charge is 2.21. The van der Waals surface area contributed by atoms with Crippen molar-refractivity contribution in [3.05, 3.63) is 59.7 Å². The van der Waals surface area contributed by atoms with E-state index in [0.717, 1.165) is 16.8 Å². The van der Waals surface area contributed by atoms with Crippen LogP contribution in [-0.2, 0) is 7.05 Å². The van der Waals surface area contributed by atoms with Crippen LogP contribution in [0.5, 0.6) is 11.5 Å². The van der Waals surface area contributed by atoms with Gasteiger partial charge in [-0.25, -0.2) is 0 Å². The molecule has 26 heavy (non-hydrogen) atoms. The molecule has 2 aromatic carbocycles. The summed E-state index contributed by atoms with van der Waals surface area (Å²) in [4.78, 5) is 12.8. The number of aromatic nitrogens is 2. The molecule has 0 saturated carbocycles. The highest BCUT2D eigenvalue weighted by molar-refractivity contribution is 6.06. The summed E-state index contributed by atoms with van der Waals surface area (Å²) < 4.78 is 12.8. The third-order valence-corrected chi connectivity index (χ3v) is 4.35. The molecule has 0 unspecified atom stereocenters. The van der Waals surface area contributed by atoms with Crippen LogP contribution in [0.25, 0.3) is 11.3 Å². The molecule has 2 heterocycles. The summed E-state index contributed by atoms with van der Waals surface area (Å²) in [6.45, 7) is 2.95. The number of nitrogens with zero attached hydrogens (tertiary/aromatic N) is 2. The van der Waals surface area contributed by atoms with Gasteiger partial charge < -0.3 is 14.8 Å². The van der Waals surface area contributed by atoms with Crippen LogP contribution in [0.2, 0.25) is 0 Å². The summed E-state index contributed by atoms with van der Waals surface area (Å²) in [5.74, 6) is 1.43. The number of hydrogen-bond acceptors (Lipinski definition) is 4. The van der Waals surface area contributed by atoms with Gasteiger partial charge in [0.05, 0.1) is 11.3 Å². The first-order chi connectivity index (χ1) is 12.6. The maximum Gasteiger partial charge on any atom is 0.260 e. The Morgan fingerprint density at radius 1 is 1.12 bits per heavy atom. The molecule has 4 rings (SSSR count). The van der Waals surface area contributed by atoms with Crippen molar-refractivity contribution in [3.63, 3.8) is 0 Å². The van der Waals surface area contributed by atoms with Crippen LogP contribution in [0.4, 0.5) is 5.82 Å². The van der Waals surface area contributed by atoms with Crippen LogP contribution in [-0.4, -0.2) is 28.9 Å². The fourth-order valence-electron chi connectivity index (χ4n) is 3.01. The molecule has 3 aromatic rings. The van der Waals surface area contributed by atoms with E-state index < -0.39 is 0 Å². The van der Waals surface area contributed by atoms with E-state index >= 15 is 0 Å². The molecule has 0 radical (unpaired) electrons. The van der Waals surface area contributed by atoms with Gasteiger partial charge in [-0.05, 0) is 24.6 Å². The largest absolute Gasteiger partial charge is 0.486 e. The summed E-state index contributed by atoms with van der Waals surface area (Å²) in [6.07, 6.45) is 0. The number of amides is 1. The van der Waals surface area contributed by atoms with Crippen molar-refractivity contribution in [3.8, 4) is 22.8 Å². The lowest BCUT2D eigenvalue weighted by molar-refractivity contribution is 0.101. The molecule has 1 aliphatic heterocycles. The van der Waals surface area contributed by atoms with Crippen LogP contribution >= 0.6 is 0 Å². The topological polar surface area (TPSA) is 65.4 Å². The van der Waals surface area contributed by atoms with E-state index in [2.05, 4.69) is 10.4 Å². The zero-order valence-corrected chi connectivity index (χ0v) is 14.7. The van der Waals surface area contributed by atoms with Crippen LogP contribution in [0.1, 0.15) is 15.9 Å². The molecule has 1 aromatic heterocycles. The van der Waals surface area contributed by atoms with Crippen LogP contribution in [0.3, 0.4) is 0 Å². The minimum absolute atomic E-state index is 0.258. The number of para-hydroxylation sites is 1. The number of rotatable bonds is 3. The first-order valence-electron chi connectivity index (χ1n) is 8.43. The molecule has 1 aliphatic rings. The number of ether oxygens (including phenoxy) is 2. The van der Waals surface area contributed by atoms with E-state index in [1.807, 2.05) is 37.3 Å². The summed E-state index contributed by atoms with van der Waals surface area (Å²) >= 11 is 0. The molecule has 0 bridgehead atoms. The number of fused-ring (bicyclic) bond motifs is 1. The standard InChI is InChI=1S/C20H19N3O3/c1-13-6-3-4-7-14(13)16-12-18(23(2)22-16)21-20(24)15-8-5-9-17-19(15)26-11-10-25-17/h3-9,12H,10-11H2,1-2H3,(H,21,24). The second-order valence-electron chi connectivity index (χ2n) is 6.14. The zero-order chi connectivity index (χ0) is 18.1. The predicted octanol–water partition coefficient (Wildman–Crippen LogP) is 3.42. The van der Waals surface area contributed by atoms with Gasteiger partial charge in [0.2, 0.25) is 0 Å². The van der Waals surface area contributed by atoms with Crippen molar-refractivity contribution in [2.75, 3.05) is 18.5 Å². The summed E-state index contributed by atoms with van der Waals surface area (Å²) in [7, 11) is 1.80. The SMILES string of the molecule is Cc1ccccc1-c1cc(NC(=O)c2cccc3c2OCCO3)n(C)n1. The lowest BCUT2D eigenvalue weighted by atomic mass is 10.1. The maximum atomic E-state index is 12.8. The summed E-state index contributed by atoms with van der Waals surface area (Å²) in [6, 6.07) is 15.2. The van der Waals surface area contributed by atoms with Crippen molar-refractivity contribution in [1.29, 1.82) is 0 Å². The van der Waals surface area contributed by atoms with E-state index in [9.17, 15) is 4.79 Å². The van der Waals surface area contributed by atoms with Gasteiger partial charge in [-0.15, -0.1) is 0 Å². The van der Waals surface area contributed by atoms with Crippen LogP contribution in [0.15, 0.2) is 48.5 Å². The number of nitrogens with one attached hydrogen (secondary N) is 1. The van der Waals surface area contributed by atoms with Crippen molar-refractivity contribution in [2.45, 2.75) is 6.92 Å². The zero-order valence-electron chi connectivity index (χ0n) is 14.7. The van der Waals surface area contributed by atoms with Gasteiger partial charge >= 0.3 is 0 Å². The average molecular weight is 349 g/mol. The fraction of sp³-hybridized carbons (Fsp3) is 0.200. The molecule has 1 amide bonds. The number of carbonyl (C=O) groups excluding carboxylic acids is 1. The number of carbonyl (C=O) groups is 1. The smallest absolute Gasteiger partial charge is 0.260 e. The monoisotopic (exact) mass is 349 g/mol. The lowest BCUT2D eigenvalue weighted by Gasteiger charge is -2.20. The van der Waals surface area contributed by atoms with Crippen molar-refractivity contribution in [1.82, 2.24) is 9.78 Å². The fourth-order valence-corrected chi connectivity index (χ4v) is 3.01.